The Balaban J connectivity index is 2.00. The first-order valence-electron chi connectivity index (χ1n) is 5.88. The van der Waals surface area contributed by atoms with Crippen LogP contribution >= 0.6 is 23.2 Å². The van der Waals surface area contributed by atoms with Crippen molar-refractivity contribution in [3.05, 3.63) is 33.9 Å². The van der Waals surface area contributed by atoms with Gasteiger partial charge in [-0.1, -0.05) is 41.4 Å². The van der Waals surface area contributed by atoms with Gasteiger partial charge in [-0.05, 0) is 18.6 Å². The third-order valence-corrected chi connectivity index (χ3v) is 3.27. The highest BCUT2D eigenvalue weighted by Crippen LogP contribution is 2.32. The van der Waals surface area contributed by atoms with Gasteiger partial charge in [0.25, 0.3) is 0 Å². The van der Waals surface area contributed by atoms with E-state index in [0.717, 1.165) is 12.1 Å². The molecule has 0 atom stereocenters. The molecule has 0 aliphatic carbocycles. The van der Waals surface area contributed by atoms with E-state index in [-0.39, 0.29) is 0 Å². The van der Waals surface area contributed by atoms with Crippen molar-refractivity contribution in [3.63, 3.8) is 0 Å². The molecule has 0 radical (unpaired) electrons. The van der Waals surface area contributed by atoms with Crippen molar-refractivity contribution < 1.29 is 4.74 Å². The lowest BCUT2D eigenvalue weighted by Gasteiger charge is -2.10. The maximum absolute atomic E-state index is 6.01. The number of benzene rings is 1. The number of aromatic nitrogens is 3. The third kappa shape index (κ3) is 3.11. The van der Waals surface area contributed by atoms with Gasteiger partial charge < -0.3 is 10.5 Å². The minimum atomic E-state index is 0.388. The molecule has 0 bridgehead atoms. The number of nitrogens with zero attached hydrogens (tertiary/aromatic N) is 3. The van der Waals surface area contributed by atoms with E-state index < -0.39 is 0 Å². The van der Waals surface area contributed by atoms with E-state index >= 15 is 0 Å². The molecule has 5 nitrogen and oxygen atoms in total. The Labute approximate surface area is 121 Å². The van der Waals surface area contributed by atoms with Gasteiger partial charge in [-0.2, -0.15) is 0 Å². The molecule has 19 heavy (non-hydrogen) atoms. The predicted molar refractivity (Wildman–Crippen MR) is 75.8 cm³/mol. The summed E-state index contributed by atoms with van der Waals surface area (Å²) in [5.74, 6) is 0.940. The molecule has 7 heteroatoms. The Morgan fingerprint density at radius 1 is 1.32 bits per heavy atom. The molecule has 0 saturated heterocycles. The zero-order valence-electron chi connectivity index (χ0n) is 10.4. The van der Waals surface area contributed by atoms with Crippen molar-refractivity contribution in [3.8, 4) is 5.75 Å². The molecule has 0 amide bonds. The summed E-state index contributed by atoms with van der Waals surface area (Å²) in [7, 11) is 0. The molecule has 1 aromatic heterocycles. The highest BCUT2D eigenvalue weighted by atomic mass is 35.5. The summed E-state index contributed by atoms with van der Waals surface area (Å²) in [6.45, 7) is 2.92. The standard InChI is InChI=1S/C12H14Cl2N4O/c1-2-10-12(15)16-17-18(10)6-7-19-11-8(13)4-3-5-9(11)14/h3-5H,2,6-7,15H2,1H3. The largest absolute Gasteiger partial charge is 0.489 e. The number of nitrogens with two attached hydrogens (primary N) is 1. The van der Waals surface area contributed by atoms with Crippen LogP contribution in [-0.4, -0.2) is 21.6 Å². The van der Waals surface area contributed by atoms with Crippen molar-refractivity contribution in [1.82, 2.24) is 15.0 Å². The zero-order valence-corrected chi connectivity index (χ0v) is 11.9. The van der Waals surface area contributed by atoms with Crippen molar-refractivity contribution in [2.24, 2.45) is 0 Å². The summed E-state index contributed by atoms with van der Waals surface area (Å²) in [6.07, 6.45) is 0.770. The molecule has 2 rings (SSSR count). The lowest BCUT2D eigenvalue weighted by molar-refractivity contribution is 0.288. The van der Waals surface area contributed by atoms with Crippen molar-refractivity contribution >= 4 is 29.0 Å². The van der Waals surface area contributed by atoms with Gasteiger partial charge in [0, 0.05) is 0 Å². The maximum Gasteiger partial charge on any atom is 0.169 e. The molecule has 1 heterocycles. The molecule has 0 aliphatic rings. The van der Waals surface area contributed by atoms with Crippen LogP contribution in [0, 0.1) is 0 Å². The van der Waals surface area contributed by atoms with Gasteiger partial charge >= 0.3 is 0 Å². The number of rotatable bonds is 5. The van der Waals surface area contributed by atoms with Crippen molar-refractivity contribution in [1.29, 1.82) is 0 Å². The number of anilines is 1. The van der Waals surface area contributed by atoms with Crippen LogP contribution in [0.15, 0.2) is 18.2 Å². The van der Waals surface area contributed by atoms with Crippen molar-refractivity contribution in [2.75, 3.05) is 12.3 Å². The first-order valence-corrected chi connectivity index (χ1v) is 6.63. The summed E-state index contributed by atoms with van der Waals surface area (Å²) in [4.78, 5) is 0. The second-order valence-corrected chi connectivity index (χ2v) is 4.71. The summed E-state index contributed by atoms with van der Waals surface area (Å²) in [6, 6.07) is 5.23. The van der Waals surface area contributed by atoms with Crippen LogP contribution in [0.4, 0.5) is 5.82 Å². The minimum Gasteiger partial charge on any atom is -0.489 e. The quantitative estimate of drug-likeness (QED) is 0.922. The number of halogens is 2. The van der Waals surface area contributed by atoms with E-state index in [1.807, 2.05) is 6.92 Å². The second-order valence-electron chi connectivity index (χ2n) is 3.90. The molecule has 1 aromatic carbocycles. The summed E-state index contributed by atoms with van der Waals surface area (Å²) >= 11 is 12.0. The number of hydrogen-bond acceptors (Lipinski definition) is 4. The van der Waals surface area contributed by atoms with Crippen LogP contribution in [0.3, 0.4) is 0 Å². The fourth-order valence-electron chi connectivity index (χ4n) is 1.74. The molecule has 102 valence electrons. The van der Waals surface area contributed by atoms with E-state index in [1.165, 1.54) is 0 Å². The third-order valence-electron chi connectivity index (χ3n) is 2.67. The predicted octanol–water partition coefficient (Wildman–Crippen LogP) is 2.81. The van der Waals surface area contributed by atoms with Crippen LogP contribution in [0.2, 0.25) is 10.0 Å². The van der Waals surface area contributed by atoms with E-state index in [1.54, 1.807) is 22.9 Å². The minimum absolute atomic E-state index is 0.388. The molecule has 0 saturated carbocycles. The van der Waals surface area contributed by atoms with Gasteiger partial charge in [-0.3, -0.25) is 0 Å². The molecule has 0 fully saturated rings. The maximum atomic E-state index is 6.01. The van der Waals surface area contributed by atoms with E-state index in [4.69, 9.17) is 33.7 Å². The average molecular weight is 301 g/mol. The first-order chi connectivity index (χ1) is 9.13. The Morgan fingerprint density at radius 2 is 2.00 bits per heavy atom. The van der Waals surface area contributed by atoms with Gasteiger partial charge in [-0.25, -0.2) is 4.68 Å². The van der Waals surface area contributed by atoms with Gasteiger partial charge in [0.15, 0.2) is 11.6 Å². The molecule has 0 spiro atoms. The van der Waals surface area contributed by atoms with Gasteiger partial charge in [-0.15, -0.1) is 5.10 Å². The monoisotopic (exact) mass is 300 g/mol. The fourth-order valence-corrected chi connectivity index (χ4v) is 2.25. The summed E-state index contributed by atoms with van der Waals surface area (Å²) in [5.41, 5.74) is 6.60. The molecule has 0 unspecified atom stereocenters. The highest BCUT2D eigenvalue weighted by molar-refractivity contribution is 6.37. The SMILES string of the molecule is CCc1c(N)nnn1CCOc1c(Cl)cccc1Cl. The van der Waals surface area contributed by atoms with Crippen LogP contribution in [0.5, 0.6) is 5.75 Å². The topological polar surface area (TPSA) is 66.0 Å². The summed E-state index contributed by atoms with van der Waals surface area (Å²) < 4.78 is 7.31. The van der Waals surface area contributed by atoms with Crippen molar-refractivity contribution in [2.45, 2.75) is 19.9 Å². The average Bonchev–Trinajstić information content (AvgIpc) is 2.73. The van der Waals surface area contributed by atoms with Crippen LogP contribution < -0.4 is 10.5 Å². The van der Waals surface area contributed by atoms with Gasteiger partial charge in [0.05, 0.1) is 22.3 Å². The van der Waals surface area contributed by atoms with Gasteiger partial charge in [0.2, 0.25) is 0 Å². The Bertz CT molecular complexity index is 551. The summed E-state index contributed by atoms with van der Waals surface area (Å²) in [5, 5.41) is 8.76. The normalized spacial score (nSPS) is 10.7. The first kappa shape index (κ1) is 14.0. The van der Waals surface area contributed by atoms with Crippen LogP contribution in [-0.2, 0) is 13.0 Å². The zero-order chi connectivity index (χ0) is 13.8. The van der Waals surface area contributed by atoms with Gasteiger partial charge in [0.1, 0.15) is 6.61 Å². The lowest BCUT2D eigenvalue weighted by Crippen LogP contribution is -2.12. The van der Waals surface area contributed by atoms with E-state index in [9.17, 15) is 0 Å². The van der Waals surface area contributed by atoms with Crippen LogP contribution in [0.25, 0.3) is 0 Å². The second kappa shape index (κ2) is 6.12. The Morgan fingerprint density at radius 3 is 2.63 bits per heavy atom. The van der Waals surface area contributed by atoms with E-state index in [2.05, 4.69) is 10.3 Å². The molecular formula is C12H14Cl2N4O. The Kier molecular flexibility index (Phi) is 4.50. The number of hydrogen-bond donors (Lipinski definition) is 1. The highest BCUT2D eigenvalue weighted by Gasteiger charge is 2.09. The van der Waals surface area contributed by atoms with Crippen LogP contribution in [0.1, 0.15) is 12.6 Å². The van der Waals surface area contributed by atoms with E-state index in [0.29, 0.717) is 34.8 Å². The molecule has 2 N–H and O–H groups in total. The fraction of sp³-hybridized carbons (Fsp3) is 0.333. The molecule has 2 aromatic rings. The lowest BCUT2D eigenvalue weighted by atomic mass is 10.3. The molecule has 0 aliphatic heterocycles. The number of para-hydroxylation sites is 1. The number of ether oxygens (including phenoxy) is 1. The smallest absolute Gasteiger partial charge is 0.169 e. The number of nitrogen functional groups attached to an aromatic ring is 1. The molecular weight excluding hydrogens is 287 g/mol. The Hall–Kier alpha value is -1.46.